The van der Waals surface area contributed by atoms with Gasteiger partial charge in [-0.25, -0.2) is 4.98 Å². The number of aromatic nitrogens is 1. The maximum Gasteiger partial charge on any atom is 0.136 e. The molecule has 1 unspecified atom stereocenters. The molecule has 2 rings (SSSR count). The number of anilines is 1. The Balaban J connectivity index is 2.38. The summed E-state index contributed by atoms with van der Waals surface area (Å²) in [4.78, 5) is 6.86. The first-order valence-electron chi connectivity index (χ1n) is 6.55. The van der Waals surface area contributed by atoms with E-state index in [-0.39, 0.29) is 0 Å². The minimum Gasteiger partial charge on any atom is -0.356 e. The fourth-order valence-corrected chi connectivity index (χ4v) is 2.17. The zero-order valence-electron chi connectivity index (χ0n) is 11.1. The maximum absolute atomic E-state index is 5.72. The van der Waals surface area contributed by atoms with Gasteiger partial charge in [-0.05, 0) is 30.8 Å². The van der Waals surface area contributed by atoms with E-state index in [1.807, 2.05) is 6.20 Å². The fraction of sp³-hybridized carbons (Fsp3) is 0.400. The highest BCUT2D eigenvalue weighted by atomic mass is 15.2. The lowest BCUT2D eigenvalue weighted by Crippen LogP contribution is -2.32. The van der Waals surface area contributed by atoms with Gasteiger partial charge in [0.05, 0.1) is 0 Å². The van der Waals surface area contributed by atoms with Crippen LogP contribution in [0.1, 0.15) is 13.8 Å². The monoisotopic (exact) mass is 243 g/mol. The highest BCUT2D eigenvalue weighted by Gasteiger charge is 2.12. The van der Waals surface area contributed by atoms with Crippen LogP contribution in [0, 0.1) is 5.92 Å². The molecular weight excluding hydrogens is 222 g/mol. The third kappa shape index (κ3) is 2.62. The van der Waals surface area contributed by atoms with E-state index in [2.05, 4.69) is 54.1 Å². The Morgan fingerprint density at radius 3 is 2.78 bits per heavy atom. The molecule has 0 aliphatic rings. The molecule has 0 aliphatic heterocycles. The summed E-state index contributed by atoms with van der Waals surface area (Å²) in [7, 11) is 0. The minimum atomic E-state index is 0.478. The van der Waals surface area contributed by atoms with Gasteiger partial charge in [-0.3, -0.25) is 0 Å². The lowest BCUT2D eigenvalue weighted by atomic mass is 10.1. The van der Waals surface area contributed by atoms with Crippen LogP contribution in [-0.4, -0.2) is 24.6 Å². The van der Waals surface area contributed by atoms with Gasteiger partial charge in [-0.1, -0.05) is 31.2 Å². The second-order valence-corrected chi connectivity index (χ2v) is 4.74. The van der Waals surface area contributed by atoms with Gasteiger partial charge in [-0.2, -0.15) is 0 Å². The summed E-state index contributed by atoms with van der Waals surface area (Å²) in [6.45, 7) is 6.95. The van der Waals surface area contributed by atoms with Gasteiger partial charge in [0.1, 0.15) is 5.82 Å². The first kappa shape index (κ1) is 12.8. The normalized spacial score (nSPS) is 12.6. The van der Waals surface area contributed by atoms with Crippen molar-refractivity contribution in [3.63, 3.8) is 0 Å². The number of nitrogens with two attached hydrogens (primary N) is 1. The van der Waals surface area contributed by atoms with Crippen LogP contribution in [0.4, 0.5) is 5.82 Å². The average Bonchev–Trinajstić information content (AvgIpc) is 2.44. The number of pyridine rings is 1. The maximum atomic E-state index is 5.72. The molecule has 0 aliphatic carbocycles. The fourth-order valence-electron chi connectivity index (χ4n) is 2.17. The van der Waals surface area contributed by atoms with E-state index in [0.29, 0.717) is 12.5 Å². The Labute approximate surface area is 109 Å². The number of fused-ring (bicyclic) bond motifs is 1. The molecule has 0 amide bonds. The zero-order valence-corrected chi connectivity index (χ0v) is 11.1. The first-order chi connectivity index (χ1) is 8.76. The number of hydrogen-bond donors (Lipinski definition) is 1. The molecule has 3 nitrogen and oxygen atoms in total. The molecule has 96 valence electrons. The van der Waals surface area contributed by atoms with E-state index in [4.69, 9.17) is 5.73 Å². The highest BCUT2D eigenvalue weighted by molar-refractivity contribution is 5.92. The molecule has 2 N–H and O–H groups in total. The van der Waals surface area contributed by atoms with E-state index in [1.54, 1.807) is 0 Å². The summed E-state index contributed by atoms with van der Waals surface area (Å²) in [5.41, 5.74) is 5.72. The van der Waals surface area contributed by atoms with Gasteiger partial charge < -0.3 is 10.6 Å². The summed E-state index contributed by atoms with van der Waals surface area (Å²) in [6, 6.07) is 10.4. The molecule has 0 saturated carbocycles. The van der Waals surface area contributed by atoms with Crippen molar-refractivity contribution < 1.29 is 0 Å². The Kier molecular flexibility index (Phi) is 4.15. The number of benzene rings is 1. The molecular formula is C15H21N3. The van der Waals surface area contributed by atoms with Crippen LogP contribution in [0.3, 0.4) is 0 Å². The molecule has 2 aromatic rings. The summed E-state index contributed by atoms with van der Waals surface area (Å²) in [5.74, 6) is 1.54. The Hall–Kier alpha value is -1.61. The number of rotatable bonds is 5. The van der Waals surface area contributed by atoms with Crippen molar-refractivity contribution in [3.8, 4) is 0 Å². The van der Waals surface area contributed by atoms with Crippen molar-refractivity contribution in [1.82, 2.24) is 4.98 Å². The van der Waals surface area contributed by atoms with Gasteiger partial charge in [0.15, 0.2) is 0 Å². The van der Waals surface area contributed by atoms with Crippen LogP contribution in [0.15, 0.2) is 36.5 Å². The quantitative estimate of drug-likeness (QED) is 0.878. The zero-order chi connectivity index (χ0) is 13.0. The predicted molar refractivity (Wildman–Crippen MR) is 77.8 cm³/mol. The molecule has 0 radical (unpaired) electrons. The number of nitrogens with zero attached hydrogens (tertiary/aromatic N) is 2. The third-order valence-electron chi connectivity index (χ3n) is 3.27. The third-order valence-corrected chi connectivity index (χ3v) is 3.27. The second kappa shape index (κ2) is 5.83. The summed E-state index contributed by atoms with van der Waals surface area (Å²) >= 11 is 0. The summed E-state index contributed by atoms with van der Waals surface area (Å²) in [5, 5.41) is 2.45. The summed E-state index contributed by atoms with van der Waals surface area (Å²) < 4.78 is 0. The van der Waals surface area contributed by atoms with Crippen LogP contribution in [0.2, 0.25) is 0 Å². The molecule has 1 heterocycles. The highest BCUT2D eigenvalue weighted by Crippen LogP contribution is 2.24. The first-order valence-corrected chi connectivity index (χ1v) is 6.55. The molecule has 3 heteroatoms. The predicted octanol–water partition coefficient (Wildman–Crippen LogP) is 2.66. The Bertz CT molecular complexity index is 505. The van der Waals surface area contributed by atoms with Crippen molar-refractivity contribution in [2.24, 2.45) is 11.7 Å². The largest absolute Gasteiger partial charge is 0.356 e. The second-order valence-electron chi connectivity index (χ2n) is 4.74. The number of hydrogen-bond acceptors (Lipinski definition) is 3. The van der Waals surface area contributed by atoms with E-state index >= 15 is 0 Å². The Morgan fingerprint density at radius 2 is 2.06 bits per heavy atom. The smallest absolute Gasteiger partial charge is 0.136 e. The van der Waals surface area contributed by atoms with E-state index in [0.717, 1.165) is 18.9 Å². The Morgan fingerprint density at radius 1 is 1.28 bits per heavy atom. The topological polar surface area (TPSA) is 42.1 Å². The SMILES string of the molecule is CCN(CC(C)CN)c1nccc2ccccc12. The molecule has 1 aromatic heterocycles. The minimum absolute atomic E-state index is 0.478. The van der Waals surface area contributed by atoms with Gasteiger partial charge in [0.25, 0.3) is 0 Å². The molecule has 1 aromatic carbocycles. The lowest BCUT2D eigenvalue weighted by Gasteiger charge is -2.26. The molecule has 0 bridgehead atoms. The lowest BCUT2D eigenvalue weighted by molar-refractivity contribution is 0.574. The van der Waals surface area contributed by atoms with Gasteiger partial charge in [-0.15, -0.1) is 0 Å². The van der Waals surface area contributed by atoms with Crippen molar-refractivity contribution >= 4 is 16.6 Å². The van der Waals surface area contributed by atoms with Crippen molar-refractivity contribution in [2.45, 2.75) is 13.8 Å². The molecule has 18 heavy (non-hydrogen) atoms. The van der Waals surface area contributed by atoms with Gasteiger partial charge in [0.2, 0.25) is 0 Å². The molecule has 0 saturated heterocycles. The van der Waals surface area contributed by atoms with Crippen LogP contribution in [0.5, 0.6) is 0 Å². The molecule has 0 fully saturated rings. The van der Waals surface area contributed by atoms with E-state index in [9.17, 15) is 0 Å². The average molecular weight is 243 g/mol. The summed E-state index contributed by atoms with van der Waals surface area (Å²) in [6.07, 6.45) is 1.88. The van der Waals surface area contributed by atoms with Crippen LogP contribution in [0.25, 0.3) is 10.8 Å². The van der Waals surface area contributed by atoms with Crippen LogP contribution < -0.4 is 10.6 Å². The molecule has 0 spiro atoms. The standard InChI is InChI=1S/C15H21N3/c1-3-18(11-12(2)10-16)15-14-7-5-4-6-13(14)8-9-17-15/h4-9,12H,3,10-11,16H2,1-2H3. The van der Waals surface area contributed by atoms with Gasteiger partial charge >= 0.3 is 0 Å². The van der Waals surface area contributed by atoms with Crippen molar-refractivity contribution in [1.29, 1.82) is 0 Å². The van der Waals surface area contributed by atoms with E-state index < -0.39 is 0 Å². The molecule has 1 atom stereocenters. The van der Waals surface area contributed by atoms with Crippen LogP contribution in [-0.2, 0) is 0 Å². The van der Waals surface area contributed by atoms with Crippen molar-refractivity contribution in [2.75, 3.05) is 24.5 Å². The van der Waals surface area contributed by atoms with Crippen molar-refractivity contribution in [3.05, 3.63) is 36.5 Å². The van der Waals surface area contributed by atoms with E-state index in [1.165, 1.54) is 10.8 Å². The van der Waals surface area contributed by atoms with Gasteiger partial charge in [0, 0.05) is 24.7 Å². The van der Waals surface area contributed by atoms with Crippen LogP contribution >= 0.6 is 0 Å².